The van der Waals surface area contributed by atoms with Gasteiger partial charge < -0.3 is 15.6 Å². The number of ketones is 1. The van der Waals surface area contributed by atoms with Crippen molar-refractivity contribution >= 4 is 23.2 Å². The molecule has 0 saturated heterocycles. The zero-order valence-corrected chi connectivity index (χ0v) is 13.5. The maximum absolute atomic E-state index is 11.4. The quantitative estimate of drug-likeness (QED) is 0.264. The molecular weight excluding hydrogens is 322 g/mol. The second-order valence-electron chi connectivity index (χ2n) is 3.75. The fourth-order valence-electron chi connectivity index (χ4n) is 1.54. The fourth-order valence-corrected chi connectivity index (χ4v) is 1.54. The summed E-state index contributed by atoms with van der Waals surface area (Å²) >= 11 is 3.70. The van der Waals surface area contributed by atoms with Gasteiger partial charge >= 0.3 is 17.1 Å². The summed E-state index contributed by atoms with van der Waals surface area (Å²) in [6, 6.07) is 0. The number of thiocarbonyl (C=S) groups is 1. The largest absolute Gasteiger partial charge is 2.00 e. The minimum absolute atomic E-state index is 0. The first-order valence-corrected chi connectivity index (χ1v) is 6.66. The summed E-state index contributed by atoms with van der Waals surface area (Å²) in [5.74, 6) is 0.0674. The van der Waals surface area contributed by atoms with E-state index in [1.165, 1.54) is 5.16 Å². The minimum Gasteiger partial charge on any atom is -0.753 e. The molecule has 0 saturated carbocycles. The Bertz CT molecular complexity index is 395. The van der Waals surface area contributed by atoms with E-state index in [1.54, 1.807) is 18.4 Å². The van der Waals surface area contributed by atoms with E-state index in [-0.39, 0.29) is 22.9 Å². The second-order valence-corrected chi connectivity index (χ2v) is 3.94. The van der Waals surface area contributed by atoms with Gasteiger partial charge in [0.05, 0.1) is 0 Å². The molecule has 0 heterocycles. The molecule has 1 radical (unpaired) electrons. The van der Waals surface area contributed by atoms with Gasteiger partial charge in [0, 0.05) is 24.9 Å². The molecule has 1 rings (SSSR count). The van der Waals surface area contributed by atoms with Crippen LogP contribution in [0.5, 0.6) is 0 Å². The van der Waals surface area contributed by atoms with Crippen LogP contribution in [0.3, 0.4) is 0 Å². The molecule has 4 nitrogen and oxygen atoms in total. The number of carbonyl (C=O) groups excluding carboxylic acids is 1. The van der Waals surface area contributed by atoms with Crippen molar-refractivity contribution in [1.29, 1.82) is 0 Å². The SMILES string of the molecule is CCN(CC)CCNC=C1C=CC=CC1=O.[Cu+2].[N-]=C=S. The van der Waals surface area contributed by atoms with Crippen LogP contribution in [0.25, 0.3) is 5.41 Å². The second kappa shape index (κ2) is 14.4. The van der Waals surface area contributed by atoms with E-state index in [0.717, 1.165) is 31.8 Å². The Morgan fingerprint density at radius 1 is 1.35 bits per heavy atom. The number of likely N-dealkylation sites (N-methyl/N-ethyl adjacent to an activating group) is 1. The summed E-state index contributed by atoms with van der Waals surface area (Å²) in [6.07, 6.45) is 8.84. The Morgan fingerprint density at radius 3 is 2.40 bits per heavy atom. The van der Waals surface area contributed by atoms with Crippen LogP contribution in [0.1, 0.15) is 13.8 Å². The van der Waals surface area contributed by atoms with Gasteiger partial charge in [-0.3, -0.25) is 4.79 Å². The van der Waals surface area contributed by atoms with Crippen LogP contribution in [0, 0.1) is 0 Å². The first-order valence-electron chi connectivity index (χ1n) is 6.25. The predicted molar refractivity (Wildman–Crippen MR) is 83.1 cm³/mol. The van der Waals surface area contributed by atoms with Crippen molar-refractivity contribution in [2.45, 2.75) is 13.8 Å². The van der Waals surface area contributed by atoms with Crippen molar-refractivity contribution in [2.75, 3.05) is 26.2 Å². The molecule has 0 aliphatic heterocycles. The summed E-state index contributed by atoms with van der Waals surface area (Å²) in [4.78, 5) is 13.7. The number of rotatable bonds is 6. The Kier molecular flexibility index (Phi) is 15.3. The molecule has 1 N–H and O–H groups in total. The topological polar surface area (TPSA) is 54.6 Å². The fraction of sp³-hybridized carbons (Fsp3) is 0.429. The van der Waals surface area contributed by atoms with E-state index in [4.69, 9.17) is 5.41 Å². The van der Waals surface area contributed by atoms with Crippen LogP contribution in [0.4, 0.5) is 0 Å². The molecule has 0 aromatic rings. The molecule has 20 heavy (non-hydrogen) atoms. The van der Waals surface area contributed by atoms with E-state index < -0.39 is 0 Å². The van der Waals surface area contributed by atoms with Crippen molar-refractivity contribution < 1.29 is 21.9 Å². The molecule has 6 heteroatoms. The number of carbonyl (C=O) groups is 1. The molecule has 0 atom stereocenters. The summed E-state index contributed by atoms with van der Waals surface area (Å²) in [5, 5.41) is 11.6. The Hall–Kier alpha value is -1.03. The Balaban J connectivity index is 0. The van der Waals surface area contributed by atoms with Crippen LogP contribution in [-0.2, 0) is 21.9 Å². The van der Waals surface area contributed by atoms with Crippen LogP contribution in [-0.4, -0.2) is 42.0 Å². The van der Waals surface area contributed by atoms with Crippen molar-refractivity contribution in [1.82, 2.24) is 10.2 Å². The number of isothiocyanates is 1. The number of hydrogen-bond donors (Lipinski definition) is 1. The molecule has 0 unspecified atom stereocenters. The standard InChI is InChI=1S/C13H20N2O.CNS.Cu/c1-3-15(4-2)10-9-14-11-12-7-5-6-8-13(12)16;2-1-3;/h5-8,11,14H,3-4,9-10H2,1-2H3;;/q;-1;+2. The molecule has 0 amide bonds. The number of hydrogen-bond acceptors (Lipinski definition) is 4. The molecule has 0 spiro atoms. The van der Waals surface area contributed by atoms with Crippen molar-refractivity contribution in [3.05, 3.63) is 41.5 Å². The van der Waals surface area contributed by atoms with Gasteiger partial charge in [-0.05, 0) is 25.2 Å². The van der Waals surface area contributed by atoms with Gasteiger partial charge in [0.15, 0.2) is 5.78 Å². The van der Waals surface area contributed by atoms with E-state index >= 15 is 0 Å². The number of allylic oxidation sites excluding steroid dienone is 5. The van der Waals surface area contributed by atoms with Gasteiger partial charge in [0.25, 0.3) is 0 Å². The summed E-state index contributed by atoms with van der Waals surface area (Å²) in [6.45, 7) is 8.31. The third kappa shape index (κ3) is 9.84. The van der Waals surface area contributed by atoms with Crippen molar-refractivity contribution in [3.8, 4) is 0 Å². The molecule has 0 fully saturated rings. The molecule has 113 valence electrons. The van der Waals surface area contributed by atoms with Crippen LogP contribution < -0.4 is 5.32 Å². The van der Waals surface area contributed by atoms with E-state index in [2.05, 4.69) is 36.3 Å². The van der Waals surface area contributed by atoms with E-state index in [1.807, 2.05) is 12.2 Å². The number of nitrogens with zero attached hydrogens (tertiary/aromatic N) is 2. The minimum atomic E-state index is 0. The van der Waals surface area contributed by atoms with Gasteiger partial charge in [-0.25, -0.2) is 0 Å². The van der Waals surface area contributed by atoms with Gasteiger partial charge in [-0.2, -0.15) is 5.16 Å². The third-order valence-electron chi connectivity index (χ3n) is 2.64. The van der Waals surface area contributed by atoms with Crippen molar-refractivity contribution in [2.24, 2.45) is 0 Å². The van der Waals surface area contributed by atoms with Crippen LogP contribution in [0.2, 0.25) is 0 Å². The molecule has 1 aliphatic carbocycles. The van der Waals surface area contributed by atoms with E-state index in [9.17, 15) is 4.79 Å². The average molecular weight is 342 g/mol. The molecule has 1 aliphatic rings. The zero-order valence-electron chi connectivity index (χ0n) is 11.7. The van der Waals surface area contributed by atoms with Gasteiger partial charge in [0.1, 0.15) is 0 Å². The first kappa shape index (κ1) is 21.3. The molecule has 0 aromatic carbocycles. The summed E-state index contributed by atoms with van der Waals surface area (Å²) in [5.41, 5.74) is 0.724. The Morgan fingerprint density at radius 2 is 1.90 bits per heavy atom. The predicted octanol–water partition coefficient (Wildman–Crippen LogP) is 2.15. The van der Waals surface area contributed by atoms with Crippen molar-refractivity contribution in [3.63, 3.8) is 0 Å². The van der Waals surface area contributed by atoms with E-state index in [0.29, 0.717) is 0 Å². The van der Waals surface area contributed by atoms with Gasteiger partial charge in [-0.15, -0.1) is 0 Å². The maximum atomic E-state index is 11.4. The normalized spacial score (nSPS) is 14.3. The summed E-state index contributed by atoms with van der Waals surface area (Å²) in [7, 11) is 0. The first-order chi connectivity index (χ1) is 9.19. The van der Waals surface area contributed by atoms with Crippen LogP contribution >= 0.6 is 12.2 Å². The number of nitrogens with one attached hydrogen (secondary N) is 1. The zero-order chi connectivity index (χ0) is 14.5. The molecular formula is C14H20CuN3OS+. The maximum Gasteiger partial charge on any atom is 2.00 e. The van der Waals surface area contributed by atoms with Gasteiger partial charge in [0.2, 0.25) is 0 Å². The molecule has 0 bridgehead atoms. The van der Waals surface area contributed by atoms with Gasteiger partial charge in [-0.1, -0.05) is 38.2 Å². The smallest absolute Gasteiger partial charge is 0.753 e. The van der Waals surface area contributed by atoms with Crippen LogP contribution in [0.15, 0.2) is 36.1 Å². The third-order valence-corrected chi connectivity index (χ3v) is 2.64. The average Bonchev–Trinajstić information content (AvgIpc) is 2.42. The molecule has 0 aromatic heterocycles. The monoisotopic (exact) mass is 341 g/mol. The summed E-state index contributed by atoms with van der Waals surface area (Å²) < 4.78 is 0. The Labute approximate surface area is 137 Å².